The van der Waals surface area contributed by atoms with Crippen LogP contribution in [0.2, 0.25) is 0 Å². The summed E-state index contributed by atoms with van der Waals surface area (Å²) in [7, 11) is 0. The van der Waals surface area contributed by atoms with Gasteiger partial charge in [0.1, 0.15) is 17.3 Å². The maximum Gasteiger partial charge on any atom is 0.137 e. The third kappa shape index (κ3) is 6.17. The summed E-state index contributed by atoms with van der Waals surface area (Å²) < 4.78 is 8.79. The zero-order valence-electron chi connectivity index (χ0n) is 30.4. The van der Waals surface area contributed by atoms with Gasteiger partial charge in [-0.15, -0.1) is 0 Å². The number of benzene rings is 8. The Morgan fingerprint density at radius 1 is 0.429 bits per heavy atom. The van der Waals surface area contributed by atoms with E-state index in [0.29, 0.717) is 0 Å². The molecule has 0 aliphatic heterocycles. The Labute approximate surface area is 325 Å². The molecule has 5 nitrogen and oxygen atoms in total. The van der Waals surface area contributed by atoms with Crippen LogP contribution in [-0.2, 0) is 0 Å². The monoisotopic (exact) mass is 720 g/mol. The van der Waals surface area contributed by atoms with E-state index < -0.39 is 0 Å². The third-order valence-corrected chi connectivity index (χ3v) is 10.3. The van der Waals surface area contributed by atoms with Gasteiger partial charge < -0.3 is 15.4 Å². The highest BCUT2D eigenvalue weighted by molar-refractivity contribution is 6.09. The molecule has 0 atom stereocenters. The van der Waals surface area contributed by atoms with E-state index in [2.05, 4.69) is 178 Å². The van der Waals surface area contributed by atoms with Crippen LogP contribution in [0.4, 0.5) is 22.7 Å². The number of hydrogen-bond acceptors (Lipinski definition) is 4. The summed E-state index contributed by atoms with van der Waals surface area (Å²) in [4.78, 5) is 4.69. The molecule has 2 aromatic heterocycles. The second-order valence-corrected chi connectivity index (χ2v) is 13.8. The van der Waals surface area contributed by atoms with E-state index in [-0.39, 0.29) is 0 Å². The summed E-state index contributed by atoms with van der Waals surface area (Å²) in [5.41, 5.74) is 10.6. The molecule has 266 valence electrons. The lowest BCUT2D eigenvalue weighted by atomic mass is 9.95. The molecule has 10 aromatic rings. The first kappa shape index (κ1) is 33.0. The van der Waals surface area contributed by atoms with E-state index in [4.69, 9.17) is 4.74 Å². The third-order valence-electron chi connectivity index (χ3n) is 10.3. The molecule has 0 spiro atoms. The first-order valence-electron chi connectivity index (χ1n) is 18.8. The van der Waals surface area contributed by atoms with Gasteiger partial charge in [0.25, 0.3) is 0 Å². The lowest BCUT2D eigenvalue weighted by Crippen LogP contribution is -2.02. The van der Waals surface area contributed by atoms with Gasteiger partial charge in [-0.2, -0.15) is 0 Å². The zero-order chi connectivity index (χ0) is 37.3. The molecule has 56 heavy (non-hydrogen) atoms. The van der Waals surface area contributed by atoms with Crippen LogP contribution < -0.4 is 15.4 Å². The maximum absolute atomic E-state index is 6.59. The number of hydrogen-bond donors (Lipinski definition) is 2. The Balaban J connectivity index is 1.03. The van der Waals surface area contributed by atoms with E-state index in [0.717, 1.165) is 89.5 Å². The highest BCUT2D eigenvalue weighted by Crippen LogP contribution is 2.43. The zero-order valence-corrected chi connectivity index (χ0v) is 30.4. The largest absolute Gasteiger partial charge is 0.457 e. The maximum atomic E-state index is 6.59. The first-order valence-corrected chi connectivity index (χ1v) is 18.8. The van der Waals surface area contributed by atoms with Gasteiger partial charge in [-0.25, -0.2) is 4.98 Å². The second-order valence-electron chi connectivity index (χ2n) is 13.8. The van der Waals surface area contributed by atoms with Crippen LogP contribution in [0.1, 0.15) is 0 Å². The normalized spacial score (nSPS) is 11.2. The van der Waals surface area contributed by atoms with Crippen molar-refractivity contribution in [2.24, 2.45) is 0 Å². The van der Waals surface area contributed by atoms with Crippen LogP contribution in [0.15, 0.2) is 206 Å². The number of fused-ring (bicyclic) bond motifs is 4. The van der Waals surface area contributed by atoms with Gasteiger partial charge in [0.05, 0.1) is 28.1 Å². The average molecular weight is 721 g/mol. The fourth-order valence-electron chi connectivity index (χ4n) is 7.71. The number of para-hydroxylation sites is 2. The van der Waals surface area contributed by atoms with Crippen LogP contribution in [0.25, 0.3) is 60.6 Å². The van der Waals surface area contributed by atoms with Crippen LogP contribution in [0.3, 0.4) is 0 Å². The van der Waals surface area contributed by atoms with Crippen molar-refractivity contribution in [3.63, 3.8) is 0 Å². The Bertz CT molecular complexity index is 2940. The Kier molecular flexibility index (Phi) is 8.43. The Hall–Kier alpha value is -7.63. The minimum atomic E-state index is 0.728. The lowest BCUT2D eigenvalue weighted by Gasteiger charge is -2.22. The number of anilines is 4. The van der Waals surface area contributed by atoms with Crippen molar-refractivity contribution in [1.82, 2.24) is 9.55 Å². The van der Waals surface area contributed by atoms with Gasteiger partial charge in [0.15, 0.2) is 0 Å². The molecule has 0 aliphatic rings. The standard InChI is InChI=1S/C51H36N4O/c1-3-15-35(16-4-1)41-24-14-25-42(36-17-5-2-6-18-36)50(41)54-51-43-22-8-7-19-37(43)28-31-46(51)53-38-20-13-21-39(33-38)56-40-29-30-45-44-23-9-10-26-47(44)55(48(45)34-40)49-27-11-12-32-52-49/h1-34,53-54H. The van der Waals surface area contributed by atoms with E-state index in [1.54, 1.807) is 0 Å². The summed E-state index contributed by atoms with van der Waals surface area (Å²) in [5, 5.41) is 12.3. The van der Waals surface area contributed by atoms with Gasteiger partial charge in [-0.3, -0.25) is 4.57 Å². The number of nitrogens with one attached hydrogen (secondary N) is 2. The summed E-state index contributed by atoms with van der Waals surface area (Å²) in [6.45, 7) is 0. The molecule has 5 heteroatoms. The smallest absolute Gasteiger partial charge is 0.137 e. The summed E-state index contributed by atoms with van der Waals surface area (Å²) >= 11 is 0. The summed E-state index contributed by atoms with van der Waals surface area (Å²) in [6, 6.07) is 69.3. The molecule has 2 heterocycles. The van der Waals surface area contributed by atoms with Crippen molar-refractivity contribution in [1.29, 1.82) is 0 Å². The van der Waals surface area contributed by atoms with Crippen LogP contribution in [0.5, 0.6) is 11.5 Å². The number of nitrogens with zero attached hydrogens (tertiary/aromatic N) is 2. The molecule has 10 rings (SSSR count). The topological polar surface area (TPSA) is 51.1 Å². The Morgan fingerprint density at radius 3 is 1.86 bits per heavy atom. The first-order chi connectivity index (χ1) is 27.8. The lowest BCUT2D eigenvalue weighted by molar-refractivity contribution is 0.483. The van der Waals surface area contributed by atoms with E-state index in [1.165, 1.54) is 5.39 Å². The van der Waals surface area contributed by atoms with Crippen LogP contribution in [-0.4, -0.2) is 9.55 Å². The van der Waals surface area contributed by atoms with Crippen molar-refractivity contribution in [2.75, 3.05) is 10.6 Å². The fourth-order valence-corrected chi connectivity index (χ4v) is 7.71. The molecule has 8 aromatic carbocycles. The molecule has 0 radical (unpaired) electrons. The molecule has 0 unspecified atom stereocenters. The SMILES string of the molecule is c1ccc(-c2cccc(-c3ccccc3)c2Nc2c(Nc3cccc(Oc4ccc5c6ccccc6n(-c6ccccn6)c5c4)c3)ccc3ccccc23)cc1. The molecule has 0 fully saturated rings. The number of pyridine rings is 1. The number of aromatic nitrogens is 2. The summed E-state index contributed by atoms with van der Waals surface area (Å²) in [5.74, 6) is 2.34. The van der Waals surface area contributed by atoms with Gasteiger partial charge in [-0.05, 0) is 65.0 Å². The molecule has 0 bridgehead atoms. The van der Waals surface area contributed by atoms with E-state index >= 15 is 0 Å². The van der Waals surface area contributed by atoms with Crippen molar-refractivity contribution < 1.29 is 4.74 Å². The molecule has 0 saturated heterocycles. The van der Waals surface area contributed by atoms with Gasteiger partial charge in [0.2, 0.25) is 0 Å². The molecule has 0 amide bonds. The predicted molar refractivity (Wildman–Crippen MR) is 233 cm³/mol. The molecular weight excluding hydrogens is 685 g/mol. The average Bonchev–Trinajstić information content (AvgIpc) is 3.59. The minimum absolute atomic E-state index is 0.728. The van der Waals surface area contributed by atoms with Gasteiger partial charge in [0, 0.05) is 51.3 Å². The fraction of sp³-hybridized carbons (Fsp3) is 0. The highest BCUT2D eigenvalue weighted by atomic mass is 16.5. The summed E-state index contributed by atoms with van der Waals surface area (Å²) in [6.07, 6.45) is 1.83. The Morgan fingerprint density at radius 2 is 1.09 bits per heavy atom. The highest BCUT2D eigenvalue weighted by Gasteiger charge is 2.17. The minimum Gasteiger partial charge on any atom is -0.457 e. The van der Waals surface area contributed by atoms with Crippen molar-refractivity contribution in [2.45, 2.75) is 0 Å². The van der Waals surface area contributed by atoms with Gasteiger partial charge >= 0.3 is 0 Å². The van der Waals surface area contributed by atoms with Crippen molar-refractivity contribution >= 4 is 55.3 Å². The molecule has 2 N–H and O–H groups in total. The van der Waals surface area contributed by atoms with Crippen molar-refractivity contribution in [3.8, 4) is 39.6 Å². The molecule has 0 saturated carbocycles. The molecular formula is C51H36N4O. The van der Waals surface area contributed by atoms with Gasteiger partial charge in [-0.1, -0.05) is 140 Å². The number of rotatable bonds is 9. The van der Waals surface area contributed by atoms with Crippen molar-refractivity contribution in [3.05, 3.63) is 206 Å². The van der Waals surface area contributed by atoms with Crippen LogP contribution >= 0.6 is 0 Å². The predicted octanol–water partition coefficient (Wildman–Crippen LogP) is 13.9. The van der Waals surface area contributed by atoms with Crippen LogP contribution in [0, 0.1) is 0 Å². The quantitative estimate of drug-likeness (QED) is 0.156. The number of ether oxygens (including phenoxy) is 1. The van der Waals surface area contributed by atoms with E-state index in [1.807, 2.05) is 48.7 Å². The van der Waals surface area contributed by atoms with E-state index in [9.17, 15) is 0 Å². The second kappa shape index (κ2) is 14.3. The molecule has 0 aliphatic carbocycles.